The second-order valence-electron chi connectivity index (χ2n) is 6.49. The van der Waals surface area contributed by atoms with E-state index in [4.69, 9.17) is 0 Å². The van der Waals surface area contributed by atoms with E-state index in [9.17, 15) is 0 Å². The van der Waals surface area contributed by atoms with Gasteiger partial charge in [-0.25, -0.2) is 0 Å². The molecule has 0 fully saturated rings. The number of halogens is 1. The monoisotopic (exact) mass is 414 g/mol. The van der Waals surface area contributed by atoms with E-state index in [1.807, 2.05) is 43.0 Å². The first-order chi connectivity index (χ1) is 13.3. The molecule has 5 rings (SSSR count). The fourth-order valence-electron chi connectivity index (χ4n) is 3.32. The van der Waals surface area contributed by atoms with E-state index in [1.54, 1.807) is 0 Å². The van der Waals surface area contributed by atoms with Gasteiger partial charge in [0.1, 0.15) is 0 Å². The third-order valence-electron chi connectivity index (χ3n) is 4.70. The van der Waals surface area contributed by atoms with Crippen molar-refractivity contribution in [3.63, 3.8) is 0 Å². The van der Waals surface area contributed by atoms with E-state index >= 15 is 0 Å². The summed E-state index contributed by atoms with van der Waals surface area (Å²) in [5.41, 5.74) is 8.07. The van der Waals surface area contributed by atoms with Crippen molar-refractivity contribution >= 4 is 15.9 Å². The maximum atomic E-state index is 4.16. The standard InChI is InChI=1S/C12H10BrN.C12H9N/c13-12-4-2-1-3-11(12)9-10-5-7-14-8-6-10;1-2-4-11-9(3-1)7-10-5-6-13-8-12(10)11/h1-8H,9H2;1-6,8H,7H2. The number of pyridine rings is 2. The predicted molar refractivity (Wildman–Crippen MR) is 114 cm³/mol. The molecule has 2 aromatic heterocycles. The van der Waals surface area contributed by atoms with Crippen molar-refractivity contribution in [3.05, 3.63) is 118 Å². The quantitative estimate of drug-likeness (QED) is 0.349. The van der Waals surface area contributed by atoms with E-state index in [2.05, 4.69) is 74.4 Å². The molecule has 0 spiro atoms. The molecule has 0 atom stereocenters. The van der Waals surface area contributed by atoms with E-state index in [0.29, 0.717) is 0 Å². The first-order valence-electron chi connectivity index (χ1n) is 8.95. The van der Waals surface area contributed by atoms with Crippen LogP contribution < -0.4 is 0 Å². The fourth-order valence-corrected chi connectivity index (χ4v) is 3.75. The molecule has 1 aliphatic rings. The molecule has 2 nitrogen and oxygen atoms in total. The Morgan fingerprint density at radius 3 is 2.26 bits per heavy atom. The lowest BCUT2D eigenvalue weighted by Crippen LogP contribution is -1.88. The van der Waals surface area contributed by atoms with Gasteiger partial charge in [-0.1, -0.05) is 58.4 Å². The molecule has 0 saturated carbocycles. The van der Waals surface area contributed by atoms with Crippen LogP contribution in [0.25, 0.3) is 11.1 Å². The maximum Gasteiger partial charge on any atom is 0.0349 e. The van der Waals surface area contributed by atoms with Gasteiger partial charge in [-0.15, -0.1) is 0 Å². The zero-order valence-corrected chi connectivity index (χ0v) is 16.4. The van der Waals surface area contributed by atoms with Gasteiger partial charge in [0.15, 0.2) is 0 Å². The number of nitrogens with zero attached hydrogens (tertiary/aromatic N) is 2. The van der Waals surface area contributed by atoms with Crippen LogP contribution in [0.4, 0.5) is 0 Å². The second kappa shape index (κ2) is 8.28. The summed E-state index contributed by atoms with van der Waals surface area (Å²) in [6.45, 7) is 0. The number of aromatic nitrogens is 2. The summed E-state index contributed by atoms with van der Waals surface area (Å²) in [5, 5.41) is 0. The van der Waals surface area contributed by atoms with Gasteiger partial charge < -0.3 is 0 Å². The Kier molecular flexibility index (Phi) is 5.40. The second-order valence-corrected chi connectivity index (χ2v) is 7.34. The molecule has 132 valence electrons. The third kappa shape index (κ3) is 4.15. The highest BCUT2D eigenvalue weighted by atomic mass is 79.9. The Balaban J connectivity index is 0.000000134. The Labute approximate surface area is 168 Å². The summed E-state index contributed by atoms with van der Waals surface area (Å²) >= 11 is 3.54. The van der Waals surface area contributed by atoms with Crippen LogP contribution in [0.5, 0.6) is 0 Å². The average molecular weight is 415 g/mol. The summed E-state index contributed by atoms with van der Waals surface area (Å²) < 4.78 is 1.16. The first-order valence-corrected chi connectivity index (χ1v) is 9.74. The van der Waals surface area contributed by atoms with Gasteiger partial charge in [0.05, 0.1) is 0 Å². The van der Waals surface area contributed by atoms with Crippen molar-refractivity contribution in [1.82, 2.24) is 9.97 Å². The van der Waals surface area contributed by atoms with Crippen LogP contribution in [0.15, 0.2) is 96.0 Å². The van der Waals surface area contributed by atoms with Crippen LogP contribution in [0, 0.1) is 0 Å². The Hall–Kier alpha value is -2.78. The van der Waals surface area contributed by atoms with Crippen LogP contribution in [0.3, 0.4) is 0 Å². The molecule has 4 aromatic rings. The zero-order valence-electron chi connectivity index (χ0n) is 14.8. The molecular weight excluding hydrogens is 396 g/mol. The highest BCUT2D eigenvalue weighted by Crippen LogP contribution is 2.35. The minimum Gasteiger partial charge on any atom is -0.265 e. The van der Waals surface area contributed by atoms with Gasteiger partial charge in [-0.3, -0.25) is 9.97 Å². The summed E-state index contributed by atoms with van der Waals surface area (Å²) in [7, 11) is 0. The Bertz CT molecular complexity index is 1000. The van der Waals surface area contributed by atoms with Gasteiger partial charge in [0, 0.05) is 34.8 Å². The lowest BCUT2D eigenvalue weighted by molar-refractivity contribution is 1.15. The van der Waals surface area contributed by atoms with Gasteiger partial charge in [0.25, 0.3) is 0 Å². The maximum absolute atomic E-state index is 4.16. The van der Waals surface area contributed by atoms with E-state index in [-0.39, 0.29) is 0 Å². The molecule has 0 saturated heterocycles. The summed E-state index contributed by atoms with van der Waals surface area (Å²) in [6.07, 6.45) is 9.49. The van der Waals surface area contributed by atoms with Crippen LogP contribution in [-0.4, -0.2) is 9.97 Å². The molecule has 3 heteroatoms. The van der Waals surface area contributed by atoms with Crippen molar-refractivity contribution < 1.29 is 0 Å². The molecule has 2 aromatic carbocycles. The lowest BCUT2D eigenvalue weighted by Gasteiger charge is -2.03. The molecule has 1 aliphatic carbocycles. The highest BCUT2D eigenvalue weighted by molar-refractivity contribution is 9.10. The number of hydrogen-bond donors (Lipinski definition) is 0. The minimum atomic E-state index is 0.948. The molecule has 0 aliphatic heterocycles. The molecule has 2 heterocycles. The van der Waals surface area contributed by atoms with Gasteiger partial charge in [0.2, 0.25) is 0 Å². The number of benzene rings is 2. The Morgan fingerprint density at radius 2 is 1.41 bits per heavy atom. The molecule has 0 bridgehead atoms. The summed E-state index contributed by atoms with van der Waals surface area (Å²) in [4.78, 5) is 8.15. The van der Waals surface area contributed by atoms with Crippen LogP contribution >= 0.6 is 15.9 Å². The van der Waals surface area contributed by atoms with Crippen LogP contribution in [0.2, 0.25) is 0 Å². The number of hydrogen-bond acceptors (Lipinski definition) is 2. The van der Waals surface area contributed by atoms with Crippen molar-refractivity contribution in [2.24, 2.45) is 0 Å². The van der Waals surface area contributed by atoms with E-state index in [0.717, 1.165) is 17.3 Å². The van der Waals surface area contributed by atoms with Gasteiger partial charge in [-0.05, 0) is 64.9 Å². The average Bonchev–Trinajstić information content (AvgIpc) is 3.10. The van der Waals surface area contributed by atoms with E-state index in [1.165, 1.54) is 33.4 Å². The highest BCUT2D eigenvalue weighted by Gasteiger charge is 2.16. The van der Waals surface area contributed by atoms with Crippen molar-refractivity contribution in [1.29, 1.82) is 0 Å². The minimum absolute atomic E-state index is 0.948. The molecular formula is C24H19BrN2. The molecule has 0 unspecified atom stereocenters. The van der Waals surface area contributed by atoms with Crippen LogP contribution in [0.1, 0.15) is 22.3 Å². The fraction of sp³-hybridized carbons (Fsp3) is 0.0833. The van der Waals surface area contributed by atoms with Gasteiger partial charge >= 0.3 is 0 Å². The van der Waals surface area contributed by atoms with Crippen LogP contribution in [-0.2, 0) is 12.8 Å². The molecule has 0 amide bonds. The Morgan fingerprint density at radius 1 is 0.704 bits per heavy atom. The summed E-state index contributed by atoms with van der Waals surface area (Å²) in [6, 6.07) is 23.0. The third-order valence-corrected chi connectivity index (χ3v) is 5.48. The molecule has 0 radical (unpaired) electrons. The normalized spacial score (nSPS) is 11.1. The topological polar surface area (TPSA) is 25.8 Å². The van der Waals surface area contributed by atoms with Crippen molar-refractivity contribution in [3.8, 4) is 11.1 Å². The van der Waals surface area contributed by atoms with Gasteiger partial charge in [-0.2, -0.15) is 0 Å². The van der Waals surface area contributed by atoms with Crippen molar-refractivity contribution in [2.75, 3.05) is 0 Å². The van der Waals surface area contributed by atoms with Crippen molar-refractivity contribution in [2.45, 2.75) is 12.8 Å². The predicted octanol–water partition coefficient (Wildman–Crippen LogP) is 6.09. The first kappa shape index (κ1) is 17.6. The lowest BCUT2D eigenvalue weighted by atomic mass is 10.1. The SMILES string of the molecule is Brc1ccccc1Cc1ccncc1.c1ccc2c(c1)Cc1ccncc1-2. The molecule has 0 N–H and O–H groups in total. The number of rotatable bonds is 2. The smallest absolute Gasteiger partial charge is 0.0349 e. The largest absolute Gasteiger partial charge is 0.265 e. The summed E-state index contributed by atoms with van der Waals surface area (Å²) in [5.74, 6) is 0. The zero-order chi connectivity index (χ0) is 18.5. The van der Waals surface area contributed by atoms with E-state index < -0.39 is 0 Å². The molecule has 27 heavy (non-hydrogen) atoms. The number of fused-ring (bicyclic) bond motifs is 3.